The molecule has 4 nitrogen and oxygen atoms in total. The van der Waals surface area contributed by atoms with Gasteiger partial charge in [-0.1, -0.05) is 23.2 Å². The fraction of sp³-hybridized carbons (Fsp3) is 0.235. The number of halogens is 2. The molecule has 6 heteroatoms. The summed E-state index contributed by atoms with van der Waals surface area (Å²) in [5.74, 6) is 1.52. The Morgan fingerprint density at radius 3 is 2.43 bits per heavy atom. The molecule has 2 aromatic carbocycles. The van der Waals surface area contributed by atoms with Crippen LogP contribution in [-0.2, 0) is 0 Å². The van der Waals surface area contributed by atoms with Crippen LogP contribution in [0.15, 0.2) is 36.4 Å². The van der Waals surface area contributed by atoms with Crippen molar-refractivity contribution in [1.29, 1.82) is 0 Å². The van der Waals surface area contributed by atoms with Gasteiger partial charge in [-0.3, -0.25) is 4.79 Å². The van der Waals surface area contributed by atoms with Crippen LogP contribution in [0.1, 0.15) is 16.8 Å². The topological polar surface area (TPSA) is 44.8 Å². The number of ether oxygens (including phenoxy) is 3. The number of Topliss-reactive ketones (excluding diaryl/α,β-unsaturated/α-hetero) is 1. The van der Waals surface area contributed by atoms with E-state index in [1.165, 1.54) is 0 Å². The zero-order valence-electron chi connectivity index (χ0n) is 12.2. The summed E-state index contributed by atoms with van der Waals surface area (Å²) < 4.78 is 16.6. The molecule has 0 atom stereocenters. The summed E-state index contributed by atoms with van der Waals surface area (Å²) in [5, 5.41) is 0.908. The molecule has 120 valence electrons. The highest BCUT2D eigenvalue weighted by molar-refractivity contribution is 6.34. The molecule has 0 fully saturated rings. The van der Waals surface area contributed by atoms with E-state index in [-0.39, 0.29) is 12.4 Å². The van der Waals surface area contributed by atoms with E-state index < -0.39 is 0 Å². The van der Waals surface area contributed by atoms with Crippen LogP contribution in [-0.4, -0.2) is 25.6 Å². The third kappa shape index (κ3) is 4.09. The summed E-state index contributed by atoms with van der Waals surface area (Å²) >= 11 is 11.8. The van der Waals surface area contributed by atoms with E-state index in [9.17, 15) is 4.79 Å². The third-order valence-corrected chi connectivity index (χ3v) is 3.71. The summed E-state index contributed by atoms with van der Waals surface area (Å²) in [6, 6.07) is 9.93. The van der Waals surface area contributed by atoms with Gasteiger partial charge in [-0.15, -0.1) is 0 Å². The third-order valence-electron chi connectivity index (χ3n) is 3.28. The van der Waals surface area contributed by atoms with Crippen molar-refractivity contribution in [3.8, 4) is 17.2 Å². The minimum Gasteiger partial charge on any atom is -0.490 e. The molecule has 0 aromatic heterocycles. The molecular formula is C17H14Cl2O4. The number of benzene rings is 2. The lowest BCUT2D eigenvalue weighted by molar-refractivity contribution is 0.0921. The van der Waals surface area contributed by atoms with E-state index in [2.05, 4.69) is 0 Å². The molecule has 0 spiro atoms. The molecule has 1 heterocycles. The van der Waals surface area contributed by atoms with Crippen molar-refractivity contribution in [2.24, 2.45) is 0 Å². The zero-order chi connectivity index (χ0) is 16.2. The van der Waals surface area contributed by atoms with Crippen molar-refractivity contribution in [1.82, 2.24) is 0 Å². The Bertz CT molecular complexity index is 710. The Hall–Kier alpha value is -1.91. The minimum absolute atomic E-state index is 0.115. The Balaban J connectivity index is 1.69. The molecule has 3 rings (SSSR count). The summed E-state index contributed by atoms with van der Waals surface area (Å²) in [6.07, 6.45) is 0.816. The van der Waals surface area contributed by atoms with Gasteiger partial charge >= 0.3 is 0 Å². The minimum atomic E-state index is -0.170. The summed E-state index contributed by atoms with van der Waals surface area (Å²) in [4.78, 5) is 12.3. The predicted molar refractivity (Wildman–Crippen MR) is 88.3 cm³/mol. The van der Waals surface area contributed by atoms with Crippen molar-refractivity contribution in [3.63, 3.8) is 0 Å². The molecule has 0 bridgehead atoms. The fourth-order valence-corrected chi connectivity index (χ4v) is 2.69. The van der Waals surface area contributed by atoms with Crippen LogP contribution < -0.4 is 14.2 Å². The lowest BCUT2D eigenvalue weighted by atomic mass is 10.1. The number of fused-ring (bicyclic) bond motifs is 1. The van der Waals surface area contributed by atoms with Gasteiger partial charge in [0.2, 0.25) is 0 Å². The normalized spacial score (nSPS) is 13.3. The SMILES string of the molecule is O=C(COc1cc(Cl)cc(Cl)c1)c1ccc2c(c1)OCCCO2. The second kappa shape index (κ2) is 7.11. The van der Waals surface area contributed by atoms with Gasteiger partial charge in [0.15, 0.2) is 23.9 Å². The van der Waals surface area contributed by atoms with Crippen LogP contribution in [0.5, 0.6) is 17.2 Å². The molecule has 0 aliphatic carbocycles. The maximum Gasteiger partial charge on any atom is 0.200 e. The number of carbonyl (C=O) groups excluding carboxylic acids is 1. The van der Waals surface area contributed by atoms with Crippen LogP contribution in [0.2, 0.25) is 10.0 Å². The van der Waals surface area contributed by atoms with E-state index in [4.69, 9.17) is 37.4 Å². The molecule has 0 saturated heterocycles. The van der Waals surface area contributed by atoms with Crippen molar-refractivity contribution in [3.05, 3.63) is 52.0 Å². The molecule has 0 unspecified atom stereocenters. The Morgan fingerprint density at radius 1 is 1.00 bits per heavy atom. The summed E-state index contributed by atoms with van der Waals surface area (Å²) in [6.45, 7) is 1.07. The lowest BCUT2D eigenvalue weighted by Gasteiger charge is -2.10. The average Bonchev–Trinajstić information content (AvgIpc) is 2.76. The Kier molecular flexibility index (Phi) is 4.94. The second-order valence-electron chi connectivity index (χ2n) is 5.03. The van der Waals surface area contributed by atoms with E-state index in [0.29, 0.717) is 46.1 Å². The first kappa shape index (κ1) is 16.0. The van der Waals surface area contributed by atoms with Gasteiger partial charge in [0, 0.05) is 22.0 Å². The maximum absolute atomic E-state index is 12.3. The quantitative estimate of drug-likeness (QED) is 0.764. The monoisotopic (exact) mass is 352 g/mol. The molecule has 0 N–H and O–H groups in total. The first-order valence-electron chi connectivity index (χ1n) is 7.13. The van der Waals surface area contributed by atoms with Crippen LogP contribution in [0.3, 0.4) is 0 Å². The lowest BCUT2D eigenvalue weighted by Crippen LogP contribution is -2.11. The molecule has 2 aromatic rings. The Labute approximate surface area is 143 Å². The van der Waals surface area contributed by atoms with Crippen molar-refractivity contribution >= 4 is 29.0 Å². The molecule has 0 saturated carbocycles. The van der Waals surface area contributed by atoms with Crippen LogP contribution >= 0.6 is 23.2 Å². The molecular weight excluding hydrogens is 339 g/mol. The van der Waals surface area contributed by atoms with Gasteiger partial charge < -0.3 is 14.2 Å². The number of carbonyl (C=O) groups is 1. The van der Waals surface area contributed by atoms with Gasteiger partial charge in [-0.2, -0.15) is 0 Å². The highest BCUT2D eigenvalue weighted by Crippen LogP contribution is 2.30. The number of hydrogen-bond donors (Lipinski definition) is 0. The number of hydrogen-bond acceptors (Lipinski definition) is 4. The molecule has 0 radical (unpaired) electrons. The van der Waals surface area contributed by atoms with Crippen LogP contribution in [0.4, 0.5) is 0 Å². The second-order valence-corrected chi connectivity index (χ2v) is 5.90. The average molecular weight is 353 g/mol. The van der Waals surface area contributed by atoms with Crippen molar-refractivity contribution in [2.45, 2.75) is 6.42 Å². The zero-order valence-corrected chi connectivity index (χ0v) is 13.7. The molecule has 1 aliphatic rings. The highest BCUT2D eigenvalue weighted by atomic mass is 35.5. The van der Waals surface area contributed by atoms with E-state index in [0.717, 1.165) is 6.42 Å². The molecule has 0 amide bonds. The highest BCUT2D eigenvalue weighted by Gasteiger charge is 2.14. The van der Waals surface area contributed by atoms with Gasteiger partial charge in [-0.25, -0.2) is 0 Å². The first-order valence-corrected chi connectivity index (χ1v) is 7.89. The standard InChI is InChI=1S/C17H14Cl2O4/c18-12-7-13(19)9-14(8-12)23-10-15(20)11-2-3-16-17(6-11)22-5-1-4-21-16/h2-3,6-9H,1,4-5,10H2. The van der Waals surface area contributed by atoms with Crippen molar-refractivity contribution in [2.75, 3.05) is 19.8 Å². The fourth-order valence-electron chi connectivity index (χ4n) is 2.18. The van der Waals surface area contributed by atoms with Gasteiger partial charge in [0.25, 0.3) is 0 Å². The van der Waals surface area contributed by atoms with Gasteiger partial charge in [-0.05, 0) is 36.4 Å². The smallest absolute Gasteiger partial charge is 0.200 e. The van der Waals surface area contributed by atoms with Crippen LogP contribution in [0, 0.1) is 0 Å². The van der Waals surface area contributed by atoms with Gasteiger partial charge in [0.1, 0.15) is 5.75 Å². The van der Waals surface area contributed by atoms with Crippen molar-refractivity contribution < 1.29 is 19.0 Å². The number of rotatable bonds is 4. The van der Waals surface area contributed by atoms with E-state index in [1.807, 2.05) is 0 Å². The summed E-state index contributed by atoms with van der Waals surface area (Å²) in [7, 11) is 0. The predicted octanol–water partition coefficient (Wildman–Crippen LogP) is 4.42. The van der Waals surface area contributed by atoms with E-state index >= 15 is 0 Å². The Morgan fingerprint density at radius 2 is 1.70 bits per heavy atom. The maximum atomic E-state index is 12.3. The van der Waals surface area contributed by atoms with E-state index in [1.54, 1.807) is 36.4 Å². The first-order chi connectivity index (χ1) is 11.1. The van der Waals surface area contributed by atoms with Crippen LogP contribution in [0.25, 0.3) is 0 Å². The molecule has 1 aliphatic heterocycles. The van der Waals surface area contributed by atoms with Gasteiger partial charge in [0.05, 0.1) is 13.2 Å². The summed E-state index contributed by atoms with van der Waals surface area (Å²) in [5.41, 5.74) is 0.502. The molecule has 23 heavy (non-hydrogen) atoms. The number of ketones is 1. The largest absolute Gasteiger partial charge is 0.490 e.